The summed E-state index contributed by atoms with van der Waals surface area (Å²) in [5.74, 6) is 0.103. The minimum Gasteiger partial charge on any atom is -0.291 e. The Hall–Kier alpha value is -0.940. The van der Waals surface area contributed by atoms with Crippen LogP contribution < -0.4 is 0 Å². The van der Waals surface area contributed by atoms with E-state index in [1.807, 2.05) is 32.9 Å². The maximum atomic E-state index is 12.0. The summed E-state index contributed by atoms with van der Waals surface area (Å²) in [6, 6.07) is 3.74. The first-order valence-corrected chi connectivity index (χ1v) is 6.89. The number of thiophene rings is 1. The Balaban J connectivity index is 2.21. The van der Waals surface area contributed by atoms with Crippen molar-refractivity contribution in [3.8, 4) is 0 Å². The molecule has 0 bridgehead atoms. The quantitative estimate of drug-likeness (QED) is 0.813. The number of carbonyl (C=O) groups is 1. The highest BCUT2D eigenvalue weighted by Crippen LogP contribution is 2.23. The average molecular weight is 313 g/mol. The third kappa shape index (κ3) is 2.50. The maximum absolute atomic E-state index is 12.0. The van der Waals surface area contributed by atoms with Crippen molar-refractivity contribution in [3.05, 3.63) is 37.7 Å². The number of ketones is 1. The molecule has 17 heavy (non-hydrogen) atoms. The Morgan fingerprint density at radius 3 is 2.59 bits per heavy atom. The fourth-order valence-corrected chi connectivity index (χ4v) is 2.93. The van der Waals surface area contributed by atoms with Gasteiger partial charge in [-0.2, -0.15) is 5.10 Å². The van der Waals surface area contributed by atoms with Crippen molar-refractivity contribution in [1.29, 1.82) is 0 Å². The molecule has 3 nitrogen and oxygen atoms in total. The number of aromatic nitrogens is 2. The van der Waals surface area contributed by atoms with Gasteiger partial charge in [0, 0.05) is 5.69 Å². The lowest BCUT2D eigenvalue weighted by Crippen LogP contribution is -2.12. The predicted octanol–water partition coefficient (Wildman–Crippen LogP) is 3.52. The zero-order valence-electron chi connectivity index (χ0n) is 9.95. The Bertz CT molecular complexity index is 571. The van der Waals surface area contributed by atoms with Crippen LogP contribution in [-0.2, 0) is 6.54 Å². The van der Waals surface area contributed by atoms with Crippen molar-refractivity contribution in [2.45, 2.75) is 27.3 Å². The summed E-state index contributed by atoms with van der Waals surface area (Å²) in [6.45, 7) is 6.30. The lowest BCUT2D eigenvalue weighted by Gasteiger charge is -2.02. The molecule has 0 spiro atoms. The van der Waals surface area contributed by atoms with E-state index in [9.17, 15) is 4.79 Å². The highest BCUT2D eigenvalue weighted by Gasteiger charge is 2.13. The lowest BCUT2D eigenvalue weighted by molar-refractivity contribution is 0.0970. The number of carbonyl (C=O) groups excluding carboxylic acids is 1. The van der Waals surface area contributed by atoms with Crippen LogP contribution in [0.15, 0.2) is 15.9 Å². The van der Waals surface area contributed by atoms with E-state index < -0.39 is 0 Å². The van der Waals surface area contributed by atoms with Crippen LogP contribution in [0.2, 0.25) is 0 Å². The number of rotatable bonds is 3. The topological polar surface area (TPSA) is 34.9 Å². The smallest absolute Gasteiger partial charge is 0.194 e. The van der Waals surface area contributed by atoms with E-state index in [0.717, 1.165) is 25.6 Å². The van der Waals surface area contributed by atoms with Gasteiger partial charge in [-0.05, 0) is 54.4 Å². The van der Waals surface area contributed by atoms with Gasteiger partial charge in [-0.1, -0.05) is 0 Å². The third-order valence-electron chi connectivity index (χ3n) is 2.88. The van der Waals surface area contributed by atoms with E-state index in [4.69, 9.17) is 0 Å². The first kappa shape index (κ1) is 12.5. The maximum Gasteiger partial charge on any atom is 0.194 e. The fraction of sp³-hybridized carbons (Fsp3) is 0.333. The highest BCUT2D eigenvalue weighted by molar-refractivity contribution is 9.11. The SMILES string of the molecule is Cc1nn(CC(=O)c2ccc(Br)s2)c(C)c1C. The van der Waals surface area contributed by atoms with Gasteiger partial charge in [0.15, 0.2) is 5.78 Å². The molecule has 0 saturated heterocycles. The van der Waals surface area contributed by atoms with Gasteiger partial charge in [-0.15, -0.1) is 11.3 Å². The van der Waals surface area contributed by atoms with Gasteiger partial charge >= 0.3 is 0 Å². The second-order valence-corrected chi connectivity index (χ2v) is 6.44. The summed E-state index contributed by atoms with van der Waals surface area (Å²) >= 11 is 4.82. The molecule has 0 fully saturated rings. The van der Waals surface area contributed by atoms with E-state index in [1.54, 1.807) is 4.68 Å². The molecule has 0 amide bonds. The minimum atomic E-state index is 0.103. The molecule has 2 aromatic rings. The van der Waals surface area contributed by atoms with Crippen LogP contribution in [0.1, 0.15) is 26.6 Å². The van der Waals surface area contributed by atoms with Crippen LogP contribution in [0.5, 0.6) is 0 Å². The van der Waals surface area contributed by atoms with Crippen LogP contribution in [0.4, 0.5) is 0 Å². The zero-order chi connectivity index (χ0) is 12.6. The zero-order valence-corrected chi connectivity index (χ0v) is 12.4. The van der Waals surface area contributed by atoms with Gasteiger partial charge in [0.25, 0.3) is 0 Å². The largest absolute Gasteiger partial charge is 0.291 e. The average Bonchev–Trinajstić information content (AvgIpc) is 2.80. The van der Waals surface area contributed by atoms with Crippen LogP contribution in [0.25, 0.3) is 0 Å². The molecule has 2 aromatic heterocycles. The fourth-order valence-electron chi connectivity index (χ4n) is 1.62. The van der Waals surface area contributed by atoms with Gasteiger partial charge in [-0.25, -0.2) is 0 Å². The Labute approximate surface area is 113 Å². The van der Waals surface area contributed by atoms with E-state index in [2.05, 4.69) is 21.0 Å². The molecule has 0 saturated carbocycles. The van der Waals surface area contributed by atoms with Gasteiger partial charge in [0.1, 0.15) is 6.54 Å². The number of hydrogen-bond acceptors (Lipinski definition) is 3. The predicted molar refractivity (Wildman–Crippen MR) is 72.8 cm³/mol. The summed E-state index contributed by atoms with van der Waals surface area (Å²) in [7, 11) is 0. The first-order chi connectivity index (χ1) is 7.99. The molecule has 0 atom stereocenters. The molecule has 0 aliphatic rings. The van der Waals surface area contributed by atoms with Crippen molar-refractivity contribution in [2.24, 2.45) is 0 Å². The molecule has 0 N–H and O–H groups in total. The van der Waals surface area contributed by atoms with E-state index >= 15 is 0 Å². The van der Waals surface area contributed by atoms with E-state index in [0.29, 0.717) is 6.54 Å². The summed E-state index contributed by atoms with van der Waals surface area (Å²) in [5.41, 5.74) is 3.21. The minimum absolute atomic E-state index is 0.103. The number of aryl methyl sites for hydroxylation is 1. The van der Waals surface area contributed by atoms with Crippen LogP contribution in [0, 0.1) is 20.8 Å². The molecule has 90 valence electrons. The van der Waals surface area contributed by atoms with Crippen LogP contribution in [0.3, 0.4) is 0 Å². The molecule has 0 radical (unpaired) electrons. The molecule has 0 unspecified atom stereocenters. The summed E-state index contributed by atoms with van der Waals surface area (Å²) in [6.07, 6.45) is 0. The van der Waals surface area contributed by atoms with Gasteiger partial charge in [0.2, 0.25) is 0 Å². The standard InChI is InChI=1S/C12H13BrN2OS/c1-7-8(2)14-15(9(7)3)6-10(16)11-4-5-12(13)17-11/h4-5H,6H2,1-3H3. The van der Waals surface area contributed by atoms with Gasteiger partial charge in [0.05, 0.1) is 14.4 Å². The molecule has 2 heterocycles. The monoisotopic (exact) mass is 312 g/mol. The third-order valence-corrected chi connectivity index (χ3v) is 4.55. The van der Waals surface area contributed by atoms with Crippen molar-refractivity contribution >= 4 is 33.0 Å². The van der Waals surface area contributed by atoms with Crippen molar-refractivity contribution in [3.63, 3.8) is 0 Å². The molecule has 2 rings (SSSR count). The number of Topliss-reactive ketones (excluding diaryl/α,β-unsaturated/α-hetero) is 1. The van der Waals surface area contributed by atoms with E-state index in [-0.39, 0.29) is 5.78 Å². The Morgan fingerprint density at radius 2 is 2.12 bits per heavy atom. The molecule has 0 aromatic carbocycles. The number of halogens is 1. The first-order valence-electron chi connectivity index (χ1n) is 5.28. The highest BCUT2D eigenvalue weighted by atomic mass is 79.9. The molecule has 0 aliphatic carbocycles. The van der Waals surface area contributed by atoms with Gasteiger partial charge in [-0.3, -0.25) is 9.48 Å². The summed E-state index contributed by atoms with van der Waals surface area (Å²) < 4.78 is 2.76. The van der Waals surface area contributed by atoms with E-state index in [1.165, 1.54) is 11.3 Å². The summed E-state index contributed by atoms with van der Waals surface area (Å²) in [5, 5.41) is 4.37. The van der Waals surface area contributed by atoms with Gasteiger partial charge < -0.3 is 0 Å². The Morgan fingerprint density at radius 1 is 1.41 bits per heavy atom. The number of nitrogens with zero attached hydrogens (tertiary/aromatic N) is 2. The van der Waals surface area contributed by atoms with Crippen LogP contribution in [-0.4, -0.2) is 15.6 Å². The second-order valence-electron chi connectivity index (χ2n) is 3.98. The molecular formula is C12H13BrN2OS. The molecular weight excluding hydrogens is 300 g/mol. The summed E-state index contributed by atoms with van der Waals surface area (Å²) in [4.78, 5) is 12.8. The number of hydrogen-bond donors (Lipinski definition) is 0. The normalized spacial score (nSPS) is 10.8. The second kappa shape index (κ2) is 4.74. The van der Waals surface area contributed by atoms with Crippen molar-refractivity contribution in [1.82, 2.24) is 9.78 Å². The van der Waals surface area contributed by atoms with Crippen LogP contribution >= 0.6 is 27.3 Å². The molecule has 5 heteroatoms. The lowest BCUT2D eigenvalue weighted by atomic mass is 10.2. The van der Waals surface area contributed by atoms with Crippen molar-refractivity contribution in [2.75, 3.05) is 0 Å². The molecule has 0 aliphatic heterocycles. The van der Waals surface area contributed by atoms with Crippen molar-refractivity contribution < 1.29 is 4.79 Å². The Kier molecular flexibility index (Phi) is 3.49.